The van der Waals surface area contributed by atoms with Crippen LogP contribution in [0.3, 0.4) is 0 Å². The van der Waals surface area contributed by atoms with Crippen LogP contribution in [0, 0.1) is 6.92 Å². The molecule has 0 aliphatic carbocycles. The van der Waals surface area contributed by atoms with Crippen LogP contribution in [0.25, 0.3) is 11.3 Å². The summed E-state index contributed by atoms with van der Waals surface area (Å²) in [5.74, 6) is 1.78. The zero-order chi connectivity index (χ0) is 17.9. The summed E-state index contributed by atoms with van der Waals surface area (Å²) in [6.45, 7) is 3.27. The second-order valence-electron chi connectivity index (χ2n) is 6.54. The van der Waals surface area contributed by atoms with Gasteiger partial charge in [-0.05, 0) is 43.5 Å². The number of aromatic nitrogens is 5. The third-order valence-electron chi connectivity index (χ3n) is 4.64. The number of aryl methyl sites for hydroxylation is 1. The second kappa shape index (κ2) is 6.99. The van der Waals surface area contributed by atoms with Gasteiger partial charge in [0, 0.05) is 30.9 Å². The molecule has 0 radical (unpaired) electrons. The summed E-state index contributed by atoms with van der Waals surface area (Å²) >= 11 is 0. The van der Waals surface area contributed by atoms with E-state index in [0.29, 0.717) is 6.54 Å². The molecule has 3 aromatic rings. The molecule has 0 saturated carbocycles. The van der Waals surface area contributed by atoms with Crippen molar-refractivity contribution in [2.45, 2.75) is 25.7 Å². The standard InChI is InChI=1S/C18H21N7O/c1-12-20-17(24-22-12)14-3-2-10-25(11-14)18(26)21-15-6-4-13(5-7-15)16-8-9-19-23-16/h4-9,14H,2-3,10-11H2,1H3,(H,19,23)(H,21,26)(H,20,22,24)/t14-/m1/s1. The van der Waals surface area contributed by atoms with E-state index in [0.717, 1.165) is 48.0 Å². The highest BCUT2D eigenvalue weighted by Crippen LogP contribution is 2.25. The molecule has 0 spiro atoms. The topological polar surface area (TPSA) is 103 Å². The lowest BCUT2D eigenvalue weighted by Gasteiger charge is -2.31. The van der Waals surface area contributed by atoms with Gasteiger partial charge < -0.3 is 10.2 Å². The van der Waals surface area contributed by atoms with Crippen LogP contribution >= 0.6 is 0 Å². The molecule has 26 heavy (non-hydrogen) atoms. The van der Waals surface area contributed by atoms with Gasteiger partial charge in [-0.25, -0.2) is 9.78 Å². The first-order chi connectivity index (χ1) is 12.7. The number of carbonyl (C=O) groups is 1. The fourth-order valence-electron chi connectivity index (χ4n) is 3.27. The summed E-state index contributed by atoms with van der Waals surface area (Å²) in [6, 6.07) is 9.53. The quantitative estimate of drug-likeness (QED) is 0.675. The maximum Gasteiger partial charge on any atom is 0.321 e. The number of amides is 2. The van der Waals surface area contributed by atoms with E-state index in [4.69, 9.17) is 0 Å². The zero-order valence-electron chi connectivity index (χ0n) is 14.6. The van der Waals surface area contributed by atoms with E-state index in [1.807, 2.05) is 42.2 Å². The average molecular weight is 351 g/mol. The van der Waals surface area contributed by atoms with Crippen molar-refractivity contribution in [2.75, 3.05) is 18.4 Å². The fourth-order valence-corrected chi connectivity index (χ4v) is 3.27. The van der Waals surface area contributed by atoms with E-state index in [-0.39, 0.29) is 11.9 Å². The van der Waals surface area contributed by atoms with Crippen molar-refractivity contribution in [1.82, 2.24) is 30.3 Å². The number of likely N-dealkylation sites (tertiary alicyclic amines) is 1. The Balaban J connectivity index is 1.39. The summed E-state index contributed by atoms with van der Waals surface area (Å²) in [5.41, 5.74) is 2.75. The molecule has 2 amide bonds. The molecule has 1 aromatic carbocycles. The van der Waals surface area contributed by atoms with Crippen LogP contribution in [0.15, 0.2) is 36.5 Å². The number of nitrogens with one attached hydrogen (secondary N) is 3. The third kappa shape index (κ3) is 3.44. The Labute approximate surface area is 151 Å². The van der Waals surface area contributed by atoms with Crippen molar-refractivity contribution < 1.29 is 4.79 Å². The monoisotopic (exact) mass is 351 g/mol. The van der Waals surface area contributed by atoms with Gasteiger partial charge in [-0.3, -0.25) is 10.2 Å². The minimum absolute atomic E-state index is 0.0868. The lowest BCUT2D eigenvalue weighted by molar-refractivity contribution is 0.191. The zero-order valence-corrected chi connectivity index (χ0v) is 14.6. The first kappa shape index (κ1) is 16.3. The highest BCUT2D eigenvalue weighted by molar-refractivity contribution is 5.89. The van der Waals surface area contributed by atoms with Gasteiger partial charge in [-0.1, -0.05) is 12.1 Å². The van der Waals surface area contributed by atoms with Crippen LogP contribution in [-0.2, 0) is 0 Å². The number of carbonyl (C=O) groups excluding carboxylic acids is 1. The van der Waals surface area contributed by atoms with Crippen LogP contribution < -0.4 is 5.32 Å². The van der Waals surface area contributed by atoms with E-state index in [1.165, 1.54) is 0 Å². The molecule has 1 aliphatic heterocycles. The average Bonchev–Trinajstić information content (AvgIpc) is 3.34. The van der Waals surface area contributed by atoms with Gasteiger partial charge in [0.05, 0.1) is 5.69 Å². The van der Waals surface area contributed by atoms with Crippen LogP contribution in [0.5, 0.6) is 0 Å². The molecular formula is C18H21N7O. The number of urea groups is 1. The summed E-state index contributed by atoms with van der Waals surface area (Å²) in [5, 5.41) is 17.0. The maximum absolute atomic E-state index is 12.6. The molecule has 0 bridgehead atoms. The molecule has 4 rings (SSSR count). The molecule has 8 heteroatoms. The lowest BCUT2D eigenvalue weighted by atomic mass is 9.97. The Kier molecular flexibility index (Phi) is 4.39. The number of nitrogens with zero attached hydrogens (tertiary/aromatic N) is 4. The van der Waals surface area contributed by atoms with Gasteiger partial charge in [-0.15, -0.1) is 0 Å². The second-order valence-corrected chi connectivity index (χ2v) is 6.54. The van der Waals surface area contributed by atoms with Crippen molar-refractivity contribution >= 4 is 11.7 Å². The number of aromatic amines is 2. The summed E-state index contributed by atoms with van der Waals surface area (Å²) in [6.07, 6.45) is 3.66. The number of hydrogen-bond acceptors (Lipinski definition) is 4. The predicted octanol–water partition coefficient (Wildman–Crippen LogP) is 2.91. The number of piperidine rings is 1. The number of H-pyrrole nitrogens is 2. The molecule has 1 fully saturated rings. The summed E-state index contributed by atoms with van der Waals surface area (Å²) < 4.78 is 0. The number of benzene rings is 1. The molecule has 134 valence electrons. The minimum Gasteiger partial charge on any atom is -0.324 e. The highest BCUT2D eigenvalue weighted by Gasteiger charge is 2.27. The normalized spacial score (nSPS) is 17.3. The fraction of sp³-hybridized carbons (Fsp3) is 0.333. The van der Waals surface area contributed by atoms with Crippen molar-refractivity contribution in [3.63, 3.8) is 0 Å². The highest BCUT2D eigenvalue weighted by atomic mass is 16.2. The molecule has 3 heterocycles. The molecule has 3 N–H and O–H groups in total. The van der Waals surface area contributed by atoms with Gasteiger partial charge in [0.15, 0.2) is 5.82 Å². The summed E-state index contributed by atoms with van der Waals surface area (Å²) in [4.78, 5) is 18.9. The third-order valence-corrected chi connectivity index (χ3v) is 4.64. The number of rotatable bonds is 3. The van der Waals surface area contributed by atoms with Crippen LogP contribution in [0.1, 0.15) is 30.4 Å². The van der Waals surface area contributed by atoms with E-state index >= 15 is 0 Å². The van der Waals surface area contributed by atoms with Crippen molar-refractivity contribution in [3.8, 4) is 11.3 Å². The molecule has 0 unspecified atom stereocenters. The lowest BCUT2D eigenvalue weighted by Crippen LogP contribution is -2.41. The minimum atomic E-state index is -0.0868. The van der Waals surface area contributed by atoms with Gasteiger partial charge >= 0.3 is 6.03 Å². The molecular weight excluding hydrogens is 330 g/mol. The molecule has 1 atom stereocenters. The molecule has 1 saturated heterocycles. The maximum atomic E-state index is 12.6. The van der Waals surface area contributed by atoms with Gasteiger partial charge in [-0.2, -0.15) is 10.2 Å². The predicted molar refractivity (Wildman–Crippen MR) is 97.7 cm³/mol. The van der Waals surface area contributed by atoms with Crippen LogP contribution in [0.4, 0.5) is 10.5 Å². The van der Waals surface area contributed by atoms with E-state index in [2.05, 4.69) is 30.7 Å². The van der Waals surface area contributed by atoms with E-state index in [1.54, 1.807) is 6.20 Å². The van der Waals surface area contributed by atoms with Crippen molar-refractivity contribution in [1.29, 1.82) is 0 Å². The number of hydrogen-bond donors (Lipinski definition) is 3. The van der Waals surface area contributed by atoms with Crippen molar-refractivity contribution in [2.24, 2.45) is 0 Å². The first-order valence-electron chi connectivity index (χ1n) is 8.73. The largest absolute Gasteiger partial charge is 0.324 e. The molecule has 2 aromatic heterocycles. The van der Waals surface area contributed by atoms with Gasteiger partial charge in [0.25, 0.3) is 0 Å². The molecule has 1 aliphatic rings. The van der Waals surface area contributed by atoms with E-state index < -0.39 is 0 Å². The Morgan fingerprint density at radius 1 is 1.23 bits per heavy atom. The van der Waals surface area contributed by atoms with Gasteiger partial charge in [0.2, 0.25) is 0 Å². The smallest absolute Gasteiger partial charge is 0.321 e. The van der Waals surface area contributed by atoms with Crippen LogP contribution in [0.2, 0.25) is 0 Å². The Morgan fingerprint density at radius 3 is 2.77 bits per heavy atom. The Hall–Kier alpha value is -3.16. The van der Waals surface area contributed by atoms with Crippen LogP contribution in [-0.4, -0.2) is 49.4 Å². The van der Waals surface area contributed by atoms with Gasteiger partial charge in [0.1, 0.15) is 5.82 Å². The van der Waals surface area contributed by atoms with E-state index in [9.17, 15) is 4.79 Å². The first-order valence-corrected chi connectivity index (χ1v) is 8.73. The Bertz CT molecular complexity index is 869. The van der Waals surface area contributed by atoms with Crippen molar-refractivity contribution in [3.05, 3.63) is 48.2 Å². The SMILES string of the molecule is Cc1nc([C@@H]2CCCN(C(=O)Nc3ccc(-c4ccn[nH]4)cc3)C2)n[nH]1. The molecule has 8 nitrogen and oxygen atoms in total. The summed E-state index contributed by atoms with van der Waals surface area (Å²) in [7, 11) is 0. The number of anilines is 1. The Morgan fingerprint density at radius 2 is 2.08 bits per heavy atom.